The van der Waals surface area contributed by atoms with Gasteiger partial charge in [0.2, 0.25) is 5.91 Å². The molecular formula is C14H28N2OS. The Morgan fingerprint density at radius 1 is 1.39 bits per heavy atom. The molecule has 2 unspecified atom stereocenters. The summed E-state index contributed by atoms with van der Waals surface area (Å²) < 4.78 is 0. The first-order valence-corrected chi connectivity index (χ1v) is 8.50. The maximum absolute atomic E-state index is 12.0. The van der Waals surface area contributed by atoms with Crippen LogP contribution >= 0.6 is 11.8 Å². The summed E-state index contributed by atoms with van der Waals surface area (Å²) in [7, 11) is 0. The standard InChI is InChI=1S/C14H28N2OS/c1-10(2)11-6-4-5-7-13(11)16-14(17)12(15)8-9-18-3/h10-13H,4-9,15H2,1-3H3,(H,16,17)/t11?,12-,13?/m1/s1. The first-order valence-electron chi connectivity index (χ1n) is 7.11. The maximum atomic E-state index is 12.0. The Balaban J connectivity index is 2.45. The highest BCUT2D eigenvalue weighted by Crippen LogP contribution is 2.30. The van der Waals surface area contributed by atoms with E-state index in [1.54, 1.807) is 11.8 Å². The molecule has 1 rings (SSSR count). The quantitative estimate of drug-likeness (QED) is 0.780. The molecule has 0 aromatic carbocycles. The van der Waals surface area contributed by atoms with Gasteiger partial charge in [0, 0.05) is 6.04 Å². The number of amides is 1. The van der Waals surface area contributed by atoms with Crippen molar-refractivity contribution in [3.05, 3.63) is 0 Å². The Bertz CT molecular complexity index is 258. The van der Waals surface area contributed by atoms with E-state index in [4.69, 9.17) is 5.73 Å². The Kier molecular flexibility index (Phi) is 7.08. The second-order valence-electron chi connectivity index (χ2n) is 5.70. The molecule has 0 bridgehead atoms. The zero-order chi connectivity index (χ0) is 13.5. The highest BCUT2D eigenvalue weighted by molar-refractivity contribution is 7.98. The normalized spacial score (nSPS) is 26.1. The van der Waals surface area contributed by atoms with E-state index in [9.17, 15) is 4.79 Å². The van der Waals surface area contributed by atoms with Crippen molar-refractivity contribution in [2.75, 3.05) is 12.0 Å². The molecule has 1 aliphatic rings. The number of hydrogen-bond donors (Lipinski definition) is 2. The fourth-order valence-electron chi connectivity index (χ4n) is 2.80. The number of carbonyl (C=O) groups is 1. The molecular weight excluding hydrogens is 244 g/mol. The molecule has 106 valence electrons. The number of rotatable bonds is 6. The number of nitrogens with two attached hydrogens (primary N) is 1. The smallest absolute Gasteiger partial charge is 0.237 e. The van der Waals surface area contributed by atoms with Crippen LogP contribution in [0.2, 0.25) is 0 Å². The predicted octanol–water partition coefficient (Wildman–Crippen LogP) is 2.40. The van der Waals surface area contributed by atoms with E-state index in [2.05, 4.69) is 19.2 Å². The van der Waals surface area contributed by atoms with Gasteiger partial charge in [-0.05, 0) is 43.1 Å². The molecule has 0 radical (unpaired) electrons. The van der Waals surface area contributed by atoms with Crippen LogP contribution in [0.5, 0.6) is 0 Å². The van der Waals surface area contributed by atoms with Gasteiger partial charge in [-0.3, -0.25) is 4.79 Å². The van der Waals surface area contributed by atoms with Crippen molar-refractivity contribution in [1.82, 2.24) is 5.32 Å². The summed E-state index contributed by atoms with van der Waals surface area (Å²) in [6.45, 7) is 4.51. The fraction of sp³-hybridized carbons (Fsp3) is 0.929. The molecule has 1 fully saturated rings. The summed E-state index contributed by atoms with van der Waals surface area (Å²) in [6, 6.07) is -0.00114. The third-order valence-corrected chi connectivity index (χ3v) is 4.62. The minimum Gasteiger partial charge on any atom is -0.352 e. The van der Waals surface area contributed by atoms with E-state index in [1.807, 2.05) is 6.26 Å². The molecule has 0 heterocycles. The zero-order valence-corrected chi connectivity index (χ0v) is 12.8. The van der Waals surface area contributed by atoms with Crippen molar-refractivity contribution in [2.24, 2.45) is 17.6 Å². The van der Waals surface area contributed by atoms with Gasteiger partial charge in [-0.2, -0.15) is 11.8 Å². The third-order valence-electron chi connectivity index (χ3n) is 3.97. The summed E-state index contributed by atoms with van der Waals surface area (Å²) >= 11 is 1.74. The molecule has 0 aromatic heterocycles. The average Bonchev–Trinajstić information content (AvgIpc) is 2.36. The lowest BCUT2D eigenvalue weighted by Gasteiger charge is -2.35. The molecule has 1 amide bonds. The largest absolute Gasteiger partial charge is 0.352 e. The molecule has 3 nitrogen and oxygen atoms in total. The number of thioether (sulfide) groups is 1. The van der Waals surface area contributed by atoms with Crippen LogP contribution in [-0.4, -0.2) is 30.0 Å². The first kappa shape index (κ1) is 15.8. The SMILES string of the molecule is CSCC[C@@H](N)C(=O)NC1CCCCC1C(C)C. The second kappa shape index (κ2) is 8.05. The highest BCUT2D eigenvalue weighted by atomic mass is 32.2. The minimum absolute atomic E-state index is 0.0431. The third kappa shape index (κ3) is 4.81. The lowest BCUT2D eigenvalue weighted by Crippen LogP contribution is -2.50. The van der Waals surface area contributed by atoms with Gasteiger partial charge in [-0.15, -0.1) is 0 Å². The van der Waals surface area contributed by atoms with Crippen molar-refractivity contribution in [3.63, 3.8) is 0 Å². The van der Waals surface area contributed by atoms with Crippen LogP contribution < -0.4 is 11.1 Å². The van der Waals surface area contributed by atoms with Gasteiger partial charge in [0.1, 0.15) is 0 Å². The first-order chi connectivity index (χ1) is 8.56. The molecule has 3 N–H and O–H groups in total. The van der Waals surface area contributed by atoms with Crippen molar-refractivity contribution >= 4 is 17.7 Å². The second-order valence-corrected chi connectivity index (χ2v) is 6.68. The molecule has 0 aromatic rings. The van der Waals surface area contributed by atoms with Crippen LogP contribution in [0.4, 0.5) is 0 Å². The van der Waals surface area contributed by atoms with E-state index in [1.165, 1.54) is 19.3 Å². The monoisotopic (exact) mass is 272 g/mol. The van der Waals surface area contributed by atoms with Crippen LogP contribution in [0.1, 0.15) is 46.0 Å². The van der Waals surface area contributed by atoms with E-state index >= 15 is 0 Å². The van der Waals surface area contributed by atoms with Gasteiger partial charge in [-0.25, -0.2) is 0 Å². The lowest BCUT2D eigenvalue weighted by molar-refractivity contribution is -0.123. The van der Waals surface area contributed by atoms with Crippen LogP contribution in [-0.2, 0) is 4.79 Å². The molecule has 18 heavy (non-hydrogen) atoms. The molecule has 0 aliphatic heterocycles. The molecule has 4 heteroatoms. The van der Waals surface area contributed by atoms with Gasteiger partial charge in [0.05, 0.1) is 6.04 Å². The minimum atomic E-state index is -0.341. The Morgan fingerprint density at radius 3 is 2.67 bits per heavy atom. The summed E-state index contributed by atoms with van der Waals surface area (Å²) in [5.41, 5.74) is 5.92. The lowest BCUT2D eigenvalue weighted by atomic mass is 9.78. The molecule has 3 atom stereocenters. The van der Waals surface area contributed by atoms with Gasteiger partial charge in [0.15, 0.2) is 0 Å². The molecule has 0 spiro atoms. The summed E-state index contributed by atoms with van der Waals surface area (Å²) in [6.07, 6.45) is 7.70. The average molecular weight is 272 g/mol. The van der Waals surface area contributed by atoms with E-state index in [-0.39, 0.29) is 11.9 Å². The summed E-state index contributed by atoms with van der Waals surface area (Å²) in [4.78, 5) is 12.0. The van der Waals surface area contributed by atoms with Gasteiger partial charge < -0.3 is 11.1 Å². The van der Waals surface area contributed by atoms with Crippen molar-refractivity contribution < 1.29 is 4.79 Å². The van der Waals surface area contributed by atoms with E-state index < -0.39 is 0 Å². The highest BCUT2D eigenvalue weighted by Gasteiger charge is 2.29. The van der Waals surface area contributed by atoms with Crippen LogP contribution in [0, 0.1) is 11.8 Å². The van der Waals surface area contributed by atoms with E-state index in [0.29, 0.717) is 17.9 Å². The van der Waals surface area contributed by atoms with Crippen molar-refractivity contribution in [3.8, 4) is 0 Å². The molecule has 1 aliphatic carbocycles. The maximum Gasteiger partial charge on any atom is 0.237 e. The van der Waals surface area contributed by atoms with Crippen LogP contribution in [0.15, 0.2) is 0 Å². The predicted molar refractivity (Wildman–Crippen MR) is 79.7 cm³/mol. The van der Waals surface area contributed by atoms with Gasteiger partial charge in [-0.1, -0.05) is 26.7 Å². The van der Waals surface area contributed by atoms with Gasteiger partial charge in [0.25, 0.3) is 0 Å². The summed E-state index contributed by atoms with van der Waals surface area (Å²) in [5, 5.41) is 3.19. The summed E-state index contributed by atoms with van der Waals surface area (Å²) in [5.74, 6) is 2.25. The molecule has 0 saturated heterocycles. The number of carbonyl (C=O) groups excluding carboxylic acids is 1. The zero-order valence-electron chi connectivity index (χ0n) is 11.9. The number of hydrogen-bond acceptors (Lipinski definition) is 3. The topological polar surface area (TPSA) is 55.1 Å². The molecule has 1 saturated carbocycles. The van der Waals surface area contributed by atoms with Gasteiger partial charge >= 0.3 is 0 Å². The van der Waals surface area contributed by atoms with E-state index in [0.717, 1.165) is 18.6 Å². The van der Waals surface area contributed by atoms with Crippen LogP contribution in [0.25, 0.3) is 0 Å². The Hall–Kier alpha value is -0.220. The Morgan fingerprint density at radius 2 is 2.06 bits per heavy atom. The Labute approximate surface area is 116 Å². The van der Waals surface area contributed by atoms with Crippen molar-refractivity contribution in [1.29, 1.82) is 0 Å². The van der Waals surface area contributed by atoms with Crippen molar-refractivity contribution in [2.45, 2.75) is 58.0 Å². The van der Waals surface area contributed by atoms with Crippen LogP contribution in [0.3, 0.4) is 0 Å². The number of nitrogens with one attached hydrogen (secondary N) is 1. The fourth-order valence-corrected chi connectivity index (χ4v) is 3.29.